The van der Waals surface area contributed by atoms with Gasteiger partial charge in [0.05, 0.1) is 16.6 Å². The molecule has 3 aromatic carbocycles. The molecule has 1 atom stereocenters. The zero-order valence-electron chi connectivity index (χ0n) is 21.7. The zero-order valence-corrected chi connectivity index (χ0v) is 22.5. The van der Waals surface area contributed by atoms with Crippen molar-refractivity contribution in [1.82, 2.24) is 5.32 Å². The predicted molar refractivity (Wildman–Crippen MR) is 146 cm³/mol. The summed E-state index contributed by atoms with van der Waals surface area (Å²) >= 11 is 0. The van der Waals surface area contributed by atoms with Gasteiger partial charge in [-0.1, -0.05) is 55.0 Å². The molecule has 1 aliphatic carbocycles. The number of sulfonamides is 1. The van der Waals surface area contributed by atoms with E-state index in [1.807, 2.05) is 45.9 Å². The number of hydrogen-bond acceptors (Lipinski definition) is 3. The minimum Gasteiger partial charge on any atom is -0.348 e. The molecule has 0 radical (unpaired) electrons. The molecule has 1 aliphatic rings. The van der Waals surface area contributed by atoms with E-state index in [2.05, 4.69) is 23.5 Å². The van der Waals surface area contributed by atoms with Gasteiger partial charge in [-0.05, 0) is 98.9 Å². The Morgan fingerprint density at radius 1 is 0.889 bits per heavy atom. The maximum Gasteiger partial charge on any atom is 0.264 e. The quantitative estimate of drug-likeness (QED) is 0.412. The van der Waals surface area contributed by atoms with E-state index in [0.717, 1.165) is 41.5 Å². The Hall–Kier alpha value is -3.12. The highest BCUT2D eigenvalue weighted by molar-refractivity contribution is 7.92. The number of aryl methyl sites for hydroxylation is 5. The standard InChI is InChI=1S/C30H36N2O3S/c1-5-28(26-15-14-24-8-6-7-9-25(24)19-26)31-30(33)20-32(29-18-22(3)10-13-23(29)4)36(34,35)27-16-11-21(2)12-17-27/h10-19,28H,5-9,20H2,1-4H3,(H,31,33). The molecule has 3 aromatic rings. The Morgan fingerprint density at radius 3 is 2.25 bits per heavy atom. The number of rotatable bonds is 8. The van der Waals surface area contributed by atoms with E-state index >= 15 is 0 Å². The van der Waals surface area contributed by atoms with E-state index in [1.54, 1.807) is 24.3 Å². The van der Waals surface area contributed by atoms with Gasteiger partial charge in [0, 0.05) is 0 Å². The van der Waals surface area contributed by atoms with Gasteiger partial charge in [-0.2, -0.15) is 0 Å². The molecule has 0 aromatic heterocycles. The number of anilines is 1. The fourth-order valence-electron chi connectivity index (χ4n) is 4.89. The summed E-state index contributed by atoms with van der Waals surface area (Å²) in [6, 6.07) is 18.7. The highest BCUT2D eigenvalue weighted by Gasteiger charge is 2.29. The van der Waals surface area contributed by atoms with Crippen LogP contribution in [0.5, 0.6) is 0 Å². The van der Waals surface area contributed by atoms with Crippen LogP contribution in [0.15, 0.2) is 65.6 Å². The lowest BCUT2D eigenvalue weighted by molar-refractivity contribution is -0.120. The molecule has 0 saturated heterocycles. The average molecular weight is 505 g/mol. The number of benzene rings is 3. The molecule has 36 heavy (non-hydrogen) atoms. The lowest BCUT2D eigenvalue weighted by Gasteiger charge is -2.27. The summed E-state index contributed by atoms with van der Waals surface area (Å²) < 4.78 is 28.8. The SMILES string of the molecule is CCC(NC(=O)CN(c1cc(C)ccc1C)S(=O)(=O)c1ccc(C)cc1)c1ccc2c(c1)CCCC2. The van der Waals surface area contributed by atoms with Gasteiger partial charge in [-0.3, -0.25) is 9.10 Å². The second kappa shape index (κ2) is 10.9. The first-order valence-corrected chi connectivity index (χ1v) is 14.2. The summed E-state index contributed by atoms with van der Waals surface area (Å²) in [5, 5.41) is 3.11. The predicted octanol–water partition coefficient (Wildman–Crippen LogP) is 5.95. The average Bonchev–Trinajstić information content (AvgIpc) is 2.87. The molecule has 5 nitrogen and oxygen atoms in total. The van der Waals surface area contributed by atoms with Crippen LogP contribution in [0, 0.1) is 20.8 Å². The molecule has 0 spiro atoms. The number of nitrogens with one attached hydrogen (secondary N) is 1. The molecule has 1 amide bonds. The Bertz CT molecular complexity index is 1350. The van der Waals surface area contributed by atoms with Crippen molar-refractivity contribution in [3.8, 4) is 0 Å². The van der Waals surface area contributed by atoms with E-state index in [1.165, 1.54) is 28.3 Å². The molecule has 1 unspecified atom stereocenters. The van der Waals surface area contributed by atoms with Crippen LogP contribution in [-0.4, -0.2) is 20.9 Å². The second-order valence-corrected chi connectivity index (χ2v) is 11.7. The van der Waals surface area contributed by atoms with Crippen LogP contribution in [0.25, 0.3) is 0 Å². The van der Waals surface area contributed by atoms with E-state index in [9.17, 15) is 13.2 Å². The first-order valence-electron chi connectivity index (χ1n) is 12.8. The van der Waals surface area contributed by atoms with E-state index in [0.29, 0.717) is 5.69 Å². The molecule has 4 rings (SSSR count). The first-order chi connectivity index (χ1) is 17.2. The third-order valence-electron chi connectivity index (χ3n) is 7.05. The molecular formula is C30H36N2O3S. The normalized spacial score (nSPS) is 14.1. The molecular weight excluding hydrogens is 468 g/mol. The molecule has 0 aliphatic heterocycles. The number of carbonyl (C=O) groups excluding carboxylic acids is 1. The molecule has 0 saturated carbocycles. The number of hydrogen-bond donors (Lipinski definition) is 1. The van der Waals surface area contributed by atoms with Crippen LogP contribution in [0.3, 0.4) is 0 Å². The van der Waals surface area contributed by atoms with Gasteiger partial charge in [0.1, 0.15) is 6.54 Å². The number of fused-ring (bicyclic) bond motifs is 1. The van der Waals surface area contributed by atoms with Crippen LogP contribution in [0.4, 0.5) is 5.69 Å². The fraction of sp³-hybridized carbons (Fsp3) is 0.367. The summed E-state index contributed by atoms with van der Waals surface area (Å²) in [7, 11) is -3.95. The van der Waals surface area contributed by atoms with Crippen molar-refractivity contribution < 1.29 is 13.2 Å². The van der Waals surface area contributed by atoms with Gasteiger partial charge in [-0.15, -0.1) is 0 Å². The van der Waals surface area contributed by atoms with Crippen molar-refractivity contribution in [2.45, 2.75) is 70.7 Å². The summed E-state index contributed by atoms with van der Waals surface area (Å²) in [5.74, 6) is -0.323. The topological polar surface area (TPSA) is 66.5 Å². The van der Waals surface area contributed by atoms with Gasteiger partial charge in [0.2, 0.25) is 5.91 Å². The molecule has 1 N–H and O–H groups in total. The minimum absolute atomic E-state index is 0.170. The number of carbonyl (C=O) groups is 1. The highest BCUT2D eigenvalue weighted by Crippen LogP contribution is 2.29. The Balaban J connectivity index is 1.63. The third-order valence-corrected chi connectivity index (χ3v) is 8.82. The maximum absolute atomic E-state index is 13.8. The van der Waals surface area contributed by atoms with Gasteiger partial charge >= 0.3 is 0 Å². The third kappa shape index (κ3) is 5.65. The molecule has 190 valence electrons. The molecule has 0 heterocycles. The van der Waals surface area contributed by atoms with Crippen LogP contribution in [0.1, 0.15) is 65.6 Å². The maximum atomic E-state index is 13.8. The Labute approximate surface area is 215 Å². The van der Waals surface area contributed by atoms with Crippen LogP contribution < -0.4 is 9.62 Å². The van der Waals surface area contributed by atoms with Crippen molar-refractivity contribution in [1.29, 1.82) is 0 Å². The van der Waals surface area contributed by atoms with Crippen molar-refractivity contribution in [3.05, 3.63) is 94.0 Å². The van der Waals surface area contributed by atoms with Crippen molar-refractivity contribution in [2.24, 2.45) is 0 Å². The number of amides is 1. The van der Waals surface area contributed by atoms with Crippen LogP contribution in [-0.2, 0) is 27.7 Å². The van der Waals surface area contributed by atoms with Gasteiger partial charge in [0.25, 0.3) is 10.0 Å². The van der Waals surface area contributed by atoms with E-state index in [-0.39, 0.29) is 23.4 Å². The molecule has 0 fully saturated rings. The lowest BCUT2D eigenvalue weighted by atomic mass is 9.89. The van der Waals surface area contributed by atoms with Gasteiger partial charge in [0.15, 0.2) is 0 Å². The van der Waals surface area contributed by atoms with E-state index in [4.69, 9.17) is 0 Å². The minimum atomic E-state index is -3.95. The van der Waals surface area contributed by atoms with Crippen molar-refractivity contribution in [2.75, 3.05) is 10.8 Å². The summed E-state index contributed by atoms with van der Waals surface area (Å²) in [4.78, 5) is 13.5. The largest absolute Gasteiger partial charge is 0.348 e. The van der Waals surface area contributed by atoms with Crippen molar-refractivity contribution >= 4 is 21.6 Å². The van der Waals surface area contributed by atoms with E-state index < -0.39 is 10.0 Å². The highest BCUT2D eigenvalue weighted by atomic mass is 32.2. The van der Waals surface area contributed by atoms with Gasteiger partial charge in [-0.25, -0.2) is 8.42 Å². The Morgan fingerprint density at radius 2 is 1.56 bits per heavy atom. The van der Waals surface area contributed by atoms with Crippen LogP contribution >= 0.6 is 0 Å². The summed E-state index contributed by atoms with van der Waals surface area (Å²) in [6.07, 6.45) is 5.33. The first kappa shape index (κ1) is 26.0. The smallest absolute Gasteiger partial charge is 0.264 e. The zero-order chi connectivity index (χ0) is 25.9. The number of nitrogens with zero attached hydrogens (tertiary/aromatic N) is 1. The summed E-state index contributed by atoms with van der Waals surface area (Å²) in [6.45, 7) is 7.45. The summed E-state index contributed by atoms with van der Waals surface area (Å²) in [5.41, 5.74) is 7.06. The molecule has 0 bridgehead atoms. The fourth-order valence-corrected chi connectivity index (χ4v) is 6.36. The van der Waals surface area contributed by atoms with Crippen LogP contribution in [0.2, 0.25) is 0 Å². The second-order valence-electron chi connectivity index (χ2n) is 9.88. The molecule has 6 heteroatoms. The monoisotopic (exact) mass is 504 g/mol. The van der Waals surface area contributed by atoms with Crippen molar-refractivity contribution in [3.63, 3.8) is 0 Å². The Kier molecular flexibility index (Phi) is 7.84. The lowest BCUT2D eigenvalue weighted by Crippen LogP contribution is -2.42. The van der Waals surface area contributed by atoms with Gasteiger partial charge < -0.3 is 5.32 Å².